The molecule has 1 aromatic rings. The van der Waals surface area contributed by atoms with E-state index in [1.54, 1.807) is 36.4 Å². The van der Waals surface area contributed by atoms with E-state index in [2.05, 4.69) is 0 Å². The second-order valence-electron chi connectivity index (χ2n) is 3.32. The van der Waals surface area contributed by atoms with E-state index in [9.17, 15) is 9.59 Å². The number of hydrogen-bond acceptors (Lipinski definition) is 3. The molecule has 0 fully saturated rings. The first kappa shape index (κ1) is 12.8. The summed E-state index contributed by atoms with van der Waals surface area (Å²) in [6.07, 6.45) is 3.61. The Bertz CT molecular complexity index is 423. The highest BCUT2D eigenvalue weighted by Crippen LogP contribution is 2.13. The van der Waals surface area contributed by atoms with Crippen LogP contribution in [0.3, 0.4) is 0 Å². The van der Waals surface area contributed by atoms with Gasteiger partial charge in [-0.15, -0.1) is 0 Å². The number of carbonyl (C=O) groups is 2. The van der Waals surface area contributed by atoms with E-state index in [-0.39, 0.29) is 18.9 Å². The zero-order valence-corrected chi connectivity index (χ0v) is 9.13. The van der Waals surface area contributed by atoms with Crippen LogP contribution in [0.1, 0.15) is 12.0 Å². The molecule has 0 spiro atoms. The first-order valence-electron chi connectivity index (χ1n) is 4.97. The monoisotopic (exact) mass is 235 g/mol. The van der Waals surface area contributed by atoms with Crippen molar-refractivity contribution in [3.8, 4) is 5.75 Å². The molecule has 3 N–H and O–H groups in total. The number of aliphatic carboxylic acids is 1. The number of carboxylic acid groups (broad SMARTS) is 1. The minimum Gasteiger partial charge on any atom is -0.482 e. The number of rotatable bonds is 6. The first-order valence-corrected chi connectivity index (χ1v) is 4.97. The summed E-state index contributed by atoms with van der Waals surface area (Å²) >= 11 is 0. The van der Waals surface area contributed by atoms with Gasteiger partial charge in [0, 0.05) is 6.42 Å². The third kappa shape index (κ3) is 5.36. The Morgan fingerprint density at radius 2 is 1.94 bits per heavy atom. The van der Waals surface area contributed by atoms with Gasteiger partial charge in [0.25, 0.3) is 0 Å². The van der Waals surface area contributed by atoms with Crippen molar-refractivity contribution in [2.24, 2.45) is 5.73 Å². The number of carboxylic acids is 1. The van der Waals surface area contributed by atoms with E-state index < -0.39 is 5.97 Å². The van der Waals surface area contributed by atoms with Crippen molar-refractivity contribution in [2.75, 3.05) is 6.61 Å². The molecule has 5 nitrogen and oxygen atoms in total. The highest BCUT2D eigenvalue weighted by Gasteiger charge is 1.98. The predicted molar refractivity (Wildman–Crippen MR) is 62.4 cm³/mol. The molecule has 0 aliphatic carbocycles. The molecule has 0 aliphatic heterocycles. The van der Waals surface area contributed by atoms with Crippen molar-refractivity contribution >= 4 is 18.0 Å². The van der Waals surface area contributed by atoms with Crippen LogP contribution < -0.4 is 10.5 Å². The summed E-state index contributed by atoms with van der Waals surface area (Å²) in [6.45, 7) is -0.364. The number of hydrogen-bond donors (Lipinski definition) is 2. The Morgan fingerprint density at radius 1 is 1.29 bits per heavy atom. The fourth-order valence-electron chi connectivity index (χ4n) is 1.13. The van der Waals surface area contributed by atoms with E-state index >= 15 is 0 Å². The second-order valence-corrected chi connectivity index (χ2v) is 3.32. The summed E-state index contributed by atoms with van der Waals surface area (Å²) < 4.78 is 4.97. The number of carbonyl (C=O) groups excluding carboxylic acids is 1. The summed E-state index contributed by atoms with van der Waals surface area (Å²) in [4.78, 5) is 20.8. The Hall–Kier alpha value is -2.30. The van der Waals surface area contributed by atoms with Gasteiger partial charge in [-0.1, -0.05) is 24.3 Å². The molecule has 1 amide bonds. The van der Waals surface area contributed by atoms with Gasteiger partial charge in [-0.2, -0.15) is 0 Å². The van der Waals surface area contributed by atoms with E-state index in [1.807, 2.05) is 0 Å². The van der Waals surface area contributed by atoms with Crippen LogP contribution in [0.5, 0.6) is 5.75 Å². The normalized spacial score (nSPS) is 10.4. The standard InChI is InChI=1S/C12H13NO4/c13-11(14)3-1-2-9-4-6-10(7-5-9)17-8-12(15)16/h1-2,4-7H,3,8H2,(H2,13,14)(H,15,16). The van der Waals surface area contributed by atoms with Crippen molar-refractivity contribution in [2.45, 2.75) is 6.42 Å². The fraction of sp³-hybridized carbons (Fsp3) is 0.167. The molecule has 0 atom stereocenters. The van der Waals surface area contributed by atoms with E-state index in [1.165, 1.54) is 0 Å². The van der Waals surface area contributed by atoms with Gasteiger partial charge in [0.15, 0.2) is 6.61 Å². The van der Waals surface area contributed by atoms with Crippen LogP contribution in [0, 0.1) is 0 Å². The lowest BCUT2D eigenvalue weighted by Crippen LogP contribution is -2.09. The van der Waals surface area contributed by atoms with Crippen molar-refractivity contribution in [3.63, 3.8) is 0 Å². The van der Waals surface area contributed by atoms with Crippen LogP contribution in [-0.4, -0.2) is 23.6 Å². The Kier molecular flexibility index (Phi) is 4.75. The minimum atomic E-state index is -1.02. The van der Waals surface area contributed by atoms with Gasteiger partial charge < -0.3 is 15.6 Å². The van der Waals surface area contributed by atoms with Gasteiger partial charge in [-0.3, -0.25) is 4.79 Å². The summed E-state index contributed by atoms with van der Waals surface area (Å²) in [6, 6.07) is 6.84. The second kappa shape index (κ2) is 6.32. The molecule has 0 aliphatic rings. The molecule has 17 heavy (non-hydrogen) atoms. The Balaban J connectivity index is 2.52. The molecule has 90 valence electrons. The van der Waals surface area contributed by atoms with Gasteiger partial charge in [0.1, 0.15) is 5.75 Å². The van der Waals surface area contributed by atoms with Gasteiger partial charge in [0.05, 0.1) is 0 Å². The average Bonchev–Trinajstić information content (AvgIpc) is 2.27. The quantitative estimate of drug-likeness (QED) is 0.770. The maximum absolute atomic E-state index is 10.5. The summed E-state index contributed by atoms with van der Waals surface area (Å²) in [5, 5.41) is 8.42. The molecule has 0 bridgehead atoms. The number of ether oxygens (including phenoxy) is 1. The third-order valence-corrected chi connectivity index (χ3v) is 1.87. The maximum Gasteiger partial charge on any atom is 0.341 e. The number of benzene rings is 1. The molecule has 0 unspecified atom stereocenters. The highest BCUT2D eigenvalue weighted by molar-refractivity contribution is 5.76. The van der Waals surface area contributed by atoms with Gasteiger partial charge in [-0.25, -0.2) is 4.79 Å². The lowest BCUT2D eigenvalue weighted by atomic mass is 10.2. The molecular formula is C12H13NO4. The number of nitrogens with two attached hydrogens (primary N) is 1. The first-order chi connectivity index (χ1) is 8.08. The molecule has 5 heteroatoms. The third-order valence-electron chi connectivity index (χ3n) is 1.87. The molecule has 1 rings (SSSR count). The van der Waals surface area contributed by atoms with E-state index in [0.717, 1.165) is 5.56 Å². The van der Waals surface area contributed by atoms with Crippen molar-refractivity contribution in [3.05, 3.63) is 35.9 Å². The average molecular weight is 235 g/mol. The molecule has 0 saturated heterocycles. The van der Waals surface area contributed by atoms with Gasteiger partial charge >= 0.3 is 5.97 Å². The summed E-state index contributed by atoms with van der Waals surface area (Å²) in [7, 11) is 0. The van der Waals surface area contributed by atoms with Crippen molar-refractivity contribution in [1.29, 1.82) is 0 Å². The zero-order valence-electron chi connectivity index (χ0n) is 9.13. The fourth-order valence-corrected chi connectivity index (χ4v) is 1.13. The van der Waals surface area contributed by atoms with Crippen LogP contribution in [0.25, 0.3) is 6.08 Å². The lowest BCUT2D eigenvalue weighted by molar-refractivity contribution is -0.139. The molecule has 0 radical (unpaired) electrons. The summed E-state index contributed by atoms with van der Waals surface area (Å²) in [5.74, 6) is -0.919. The Morgan fingerprint density at radius 3 is 2.47 bits per heavy atom. The molecule has 0 heterocycles. The highest BCUT2D eigenvalue weighted by atomic mass is 16.5. The number of primary amides is 1. The maximum atomic E-state index is 10.5. The van der Waals surface area contributed by atoms with Crippen LogP contribution in [0.4, 0.5) is 0 Å². The molecule has 0 saturated carbocycles. The summed E-state index contributed by atoms with van der Waals surface area (Å²) in [5.41, 5.74) is 5.87. The number of amides is 1. The van der Waals surface area contributed by atoms with Crippen LogP contribution in [0.15, 0.2) is 30.3 Å². The van der Waals surface area contributed by atoms with Gasteiger partial charge in [0.2, 0.25) is 5.91 Å². The van der Waals surface area contributed by atoms with Gasteiger partial charge in [-0.05, 0) is 17.7 Å². The minimum absolute atomic E-state index is 0.192. The predicted octanol–water partition coefficient (Wildman–Crippen LogP) is 1.04. The van der Waals surface area contributed by atoms with Crippen molar-refractivity contribution < 1.29 is 19.4 Å². The molecular weight excluding hydrogens is 222 g/mol. The zero-order chi connectivity index (χ0) is 12.7. The van der Waals surface area contributed by atoms with Crippen molar-refractivity contribution in [1.82, 2.24) is 0 Å². The SMILES string of the molecule is NC(=O)CC=Cc1ccc(OCC(=O)O)cc1. The van der Waals surface area contributed by atoms with Crippen LogP contribution in [0.2, 0.25) is 0 Å². The smallest absolute Gasteiger partial charge is 0.341 e. The lowest BCUT2D eigenvalue weighted by Gasteiger charge is -2.02. The van der Waals surface area contributed by atoms with E-state index in [0.29, 0.717) is 5.75 Å². The molecule has 1 aromatic carbocycles. The largest absolute Gasteiger partial charge is 0.482 e. The molecule has 0 aromatic heterocycles. The Labute approximate surface area is 98.5 Å². The van der Waals surface area contributed by atoms with E-state index in [4.69, 9.17) is 15.6 Å². The topological polar surface area (TPSA) is 89.6 Å². The van der Waals surface area contributed by atoms with Crippen LogP contribution >= 0.6 is 0 Å². The van der Waals surface area contributed by atoms with Crippen LogP contribution in [-0.2, 0) is 9.59 Å².